The molecule has 1 saturated heterocycles. The fraction of sp³-hybridized carbons (Fsp3) is 0.647. The van der Waals surface area contributed by atoms with Crippen molar-refractivity contribution < 1.29 is 9.63 Å². The highest BCUT2D eigenvalue weighted by Gasteiger charge is 2.20. The van der Waals surface area contributed by atoms with Gasteiger partial charge in [0.05, 0.1) is 6.61 Å². The maximum atomic E-state index is 12.6. The molecule has 1 aromatic heterocycles. The molecule has 0 aromatic carbocycles. The largest absolute Gasteiger partial charge is 0.336 e. The van der Waals surface area contributed by atoms with Crippen molar-refractivity contribution in [3.8, 4) is 0 Å². The van der Waals surface area contributed by atoms with Gasteiger partial charge in [-0.25, -0.2) is 0 Å². The zero-order valence-electron chi connectivity index (χ0n) is 13.7. The molecule has 0 spiro atoms. The van der Waals surface area contributed by atoms with Crippen LogP contribution in [0.2, 0.25) is 0 Å². The van der Waals surface area contributed by atoms with E-state index in [-0.39, 0.29) is 11.9 Å². The number of hydrogen-bond donors (Lipinski definition) is 0. The minimum Gasteiger partial charge on any atom is -0.336 e. The molecule has 5 heteroatoms. The molecular formula is C17H27N3O2. The van der Waals surface area contributed by atoms with Crippen LogP contribution in [0.4, 0.5) is 0 Å². The number of hydroxylamine groups is 2. The molecule has 1 fully saturated rings. The normalized spacial score (nSPS) is 17.2. The van der Waals surface area contributed by atoms with E-state index in [1.54, 1.807) is 12.4 Å². The van der Waals surface area contributed by atoms with Crippen LogP contribution in [0.25, 0.3) is 0 Å². The summed E-state index contributed by atoms with van der Waals surface area (Å²) in [5.41, 5.74) is 1.12. The molecule has 0 bridgehead atoms. The molecule has 1 aromatic rings. The van der Waals surface area contributed by atoms with Crippen molar-refractivity contribution in [1.82, 2.24) is 14.9 Å². The van der Waals surface area contributed by atoms with Crippen LogP contribution in [0.15, 0.2) is 24.5 Å². The van der Waals surface area contributed by atoms with Crippen molar-refractivity contribution in [3.63, 3.8) is 0 Å². The molecule has 1 aliphatic heterocycles. The zero-order valence-corrected chi connectivity index (χ0v) is 13.7. The molecule has 0 saturated carbocycles. The van der Waals surface area contributed by atoms with Crippen molar-refractivity contribution in [2.75, 3.05) is 19.7 Å². The summed E-state index contributed by atoms with van der Waals surface area (Å²) in [6, 6.07) is 4.18. The molecule has 1 aliphatic rings. The molecule has 1 atom stereocenters. The summed E-state index contributed by atoms with van der Waals surface area (Å²) in [5, 5.41) is 1.93. The lowest BCUT2D eigenvalue weighted by molar-refractivity contribution is -0.183. The average Bonchev–Trinajstić information content (AvgIpc) is 2.58. The SMILES string of the molecule is CCC(C)N(Cc1ccncc1)C(=O)CCN1CCCCO1. The smallest absolute Gasteiger partial charge is 0.224 e. The van der Waals surface area contributed by atoms with E-state index in [1.807, 2.05) is 22.1 Å². The fourth-order valence-corrected chi connectivity index (χ4v) is 2.58. The standard InChI is InChI=1S/C17H27N3O2/c1-3-15(2)20(14-16-6-9-18-10-7-16)17(21)8-12-19-11-4-5-13-22-19/h6-7,9-10,15H,3-5,8,11-14H2,1-2H3. The molecule has 1 amide bonds. The number of pyridine rings is 1. The monoisotopic (exact) mass is 305 g/mol. The molecular weight excluding hydrogens is 278 g/mol. The number of nitrogens with zero attached hydrogens (tertiary/aromatic N) is 3. The summed E-state index contributed by atoms with van der Waals surface area (Å²) in [6.45, 7) is 7.27. The van der Waals surface area contributed by atoms with E-state index in [2.05, 4.69) is 18.8 Å². The number of amides is 1. The Morgan fingerprint density at radius 1 is 1.41 bits per heavy atom. The van der Waals surface area contributed by atoms with E-state index in [0.29, 0.717) is 19.5 Å². The Kier molecular flexibility index (Phi) is 6.80. The number of rotatable bonds is 7. The lowest BCUT2D eigenvalue weighted by atomic mass is 10.1. The van der Waals surface area contributed by atoms with Gasteiger partial charge in [0.2, 0.25) is 5.91 Å². The lowest BCUT2D eigenvalue weighted by Gasteiger charge is -2.31. The number of carbonyl (C=O) groups excluding carboxylic acids is 1. The maximum Gasteiger partial charge on any atom is 0.224 e. The number of hydrogen-bond acceptors (Lipinski definition) is 4. The highest BCUT2D eigenvalue weighted by atomic mass is 16.7. The first-order valence-corrected chi connectivity index (χ1v) is 8.27. The van der Waals surface area contributed by atoms with Crippen LogP contribution in [0.1, 0.15) is 45.1 Å². The van der Waals surface area contributed by atoms with Gasteiger partial charge in [0.1, 0.15) is 0 Å². The van der Waals surface area contributed by atoms with Crippen LogP contribution in [0, 0.1) is 0 Å². The minimum absolute atomic E-state index is 0.195. The first kappa shape index (κ1) is 16.9. The molecule has 22 heavy (non-hydrogen) atoms. The van der Waals surface area contributed by atoms with Gasteiger partial charge in [-0.2, -0.15) is 5.06 Å². The van der Waals surface area contributed by atoms with Crippen LogP contribution >= 0.6 is 0 Å². The summed E-state index contributed by atoms with van der Waals surface area (Å²) in [7, 11) is 0. The predicted octanol–water partition coefficient (Wildman–Crippen LogP) is 2.63. The highest BCUT2D eigenvalue weighted by Crippen LogP contribution is 2.13. The van der Waals surface area contributed by atoms with E-state index in [4.69, 9.17) is 4.84 Å². The molecule has 1 unspecified atom stereocenters. The van der Waals surface area contributed by atoms with Gasteiger partial charge in [-0.15, -0.1) is 0 Å². The summed E-state index contributed by atoms with van der Waals surface area (Å²) in [5.74, 6) is 0.195. The minimum atomic E-state index is 0.195. The Hall–Kier alpha value is -1.46. The van der Waals surface area contributed by atoms with Gasteiger partial charge >= 0.3 is 0 Å². The Balaban J connectivity index is 1.90. The van der Waals surface area contributed by atoms with Crippen LogP contribution in [-0.2, 0) is 16.2 Å². The van der Waals surface area contributed by atoms with Gasteiger partial charge in [0.15, 0.2) is 0 Å². The molecule has 5 nitrogen and oxygen atoms in total. The first-order valence-electron chi connectivity index (χ1n) is 8.27. The van der Waals surface area contributed by atoms with Crippen LogP contribution in [-0.4, -0.2) is 46.6 Å². The Morgan fingerprint density at radius 2 is 2.18 bits per heavy atom. The van der Waals surface area contributed by atoms with E-state index < -0.39 is 0 Å². The van der Waals surface area contributed by atoms with Crippen molar-refractivity contribution in [2.24, 2.45) is 0 Å². The molecule has 0 radical (unpaired) electrons. The van der Waals surface area contributed by atoms with Gasteiger partial charge in [0.25, 0.3) is 0 Å². The van der Waals surface area contributed by atoms with Crippen molar-refractivity contribution >= 4 is 5.91 Å². The molecule has 2 heterocycles. The molecule has 0 aliphatic carbocycles. The van der Waals surface area contributed by atoms with Gasteiger partial charge in [0, 0.05) is 44.5 Å². The molecule has 2 rings (SSSR count). The maximum absolute atomic E-state index is 12.6. The van der Waals surface area contributed by atoms with Crippen LogP contribution < -0.4 is 0 Å². The summed E-state index contributed by atoms with van der Waals surface area (Å²) < 4.78 is 0. The zero-order chi connectivity index (χ0) is 15.8. The van der Waals surface area contributed by atoms with Gasteiger partial charge < -0.3 is 4.90 Å². The average molecular weight is 305 g/mol. The van der Waals surface area contributed by atoms with Gasteiger partial charge in [-0.05, 0) is 43.9 Å². The van der Waals surface area contributed by atoms with Crippen molar-refractivity contribution in [1.29, 1.82) is 0 Å². The third kappa shape index (κ3) is 5.07. The summed E-state index contributed by atoms with van der Waals surface area (Å²) in [4.78, 5) is 24.2. The Morgan fingerprint density at radius 3 is 2.82 bits per heavy atom. The van der Waals surface area contributed by atoms with Crippen molar-refractivity contribution in [2.45, 2.75) is 52.1 Å². The van der Waals surface area contributed by atoms with Gasteiger partial charge in [-0.1, -0.05) is 6.92 Å². The van der Waals surface area contributed by atoms with Crippen molar-refractivity contribution in [3.05, 3.63) is 30.1 Å². The summed E-state index contributed by atoms with van der Waals surface area (Å²) in [6.07, 6.45) is 7.28. The fourth-order valence-electron chi connectivity index (χ4n) is 2.58. The van der Waals surface area contributed by atoms with Crippen LogP contribution in [0.5, 0.6) is 0 Å². The first-order chi connectivity index (χ1) is 10.7. The Labute approximate surface area is 133 Å². The Bertz CT molecular complexity index is 446. The van der Waals surface area contributed by atoms with E-state index in [1.165, 1.54) is 0 Å². The van der Waals surface area contributed by atoms with Gasteiger partial charge in [-0.3, -0.25) is 14.6 Å². The molecule has 0 N–H and O–H groups in total. The highest BCUT2D eigenvalue weighted by molar-refractivity contribution is 5.76. The second-order valence-corrected chi connectivity index (χ2v) is 5.85. The second kappa shape index (κ2) is 8.86. The topological polar surface area (TPSA) is 45.7 Å². The number of carbonyl (C=O) groups is 1. The quantitative estimate of drug-likeness (QED) is 0.777. The summed E-state index contributed by atoms with van der Waals surface area (Å²) >= 11 is 0. The van der Waals surface area contributed by atoms with E-state index in [9.17, 15) is 4.79 Å². The number of aromatic nitrogens is 1. The van der Waals surface area contributed by atoms with E-state index >= 15 is 0 Å². The predicted molar refractivity (Wildman–Crippen MR) is 85.9 cm³/mol. The second-order valence-electron chi connectivity index (χ2n) is 5.85. The third-order valence-electron chi connectivity index (χ3n) is 4.20. The lowest BCUT2D eigenvalue weighted by Crippen LogP contribution is -2.40. The van der Waals surface area contributed by atoms with Crippen LogP contribution in [0.3, 0.4) is 0 Å². The third-order valence-corrected chi connectivity index (χ3v) is 4.20. The molecule has 122 valence electrons. The van der Waals surface area contributed by atoms with E-state index in [0.717, 1.165) is 38.0 Å².